The Bertz CT molecular complexity index is 1230. The highest BCUT2D eigenvalue weighted by molar-refractivity contribution is 5.93. The van der Waals surface area contributed by atoms with Crippen LogP contribution in [0, 0.1) is 6.92 Å². The molecule has 0 radical (unpaired) electrons. The van der Waals surface area contributed by atoms with Crippen LogP contribution in [-0.4, -0.2) is 49.1 Å². The molecule has 0 atom stereocenters. The largest absolute Gasteiger partial charge is 0.497 e. The van der Waals surface area contributed by atoms with E-state index in [0.717, 1.165) is 16.3 Å². The van der Waals surface area contributed by atoms with Crippen LogP contribution in [0.15, 0.2) is 53.3 Å². The third kappa shape index (κ3) is 5.71. The molecule has 10 nitrogen and oxygen atoms in total. The topological polar surface area (TPSA) is 118 Å². The Balaban J connectivity index is 1.85. The Hall–Kier alpha value is -4.34. The molecular weight excluding hydrogens is 442 g/mol. The summed E-state index contributed by atoms with van der Waals surface area (Å²) in [5, 5.41) is 6.82. The zero-order chi connectivity index (χ0) is 24.7. The molecule has 0 aliphatic heterocycles. The number of carbonyl (C=O) groups is 2. The molecule has 178 valence electrons. The van der Waals surface area contributed by atoms with Crippen molar-refractivity contribution in [2.24, 2.45) is 0 Å². The van der Waals surface area contributed by atoms with Crippen LogP contribution in [-0.2, 0) is 9.53 Å². The maximum atomic E-state index is 12.7. The minimum absolute atomic E-state index is 0.0988. The van der Waals surface area contributed by atoms with Crippen LogP contribution in [0.4, 0.5) is 5.69 Å². The van der Waals surface area contributed by atoms with Crippen molar-refractivity contribution in [3.05, 3.63) is 70.1 Å². The highest BCUT2D eigenvalue weighted by Gasteiger charge is 2.21. The molecule has 0 saturated carbocycles. The quantitative estimate of drug-likeness (QED) is 0.478. The predicted octanol–water partition coefficient (Wildman–Crippen LogP) is 2.75. The summed E-state index contributed by atoms with van der Waals surface area (Å²) in [6.07, 6.45) is 0. The molecule has 1 aromatic heterocycles. The molecule has 0 bridgehead atoms. The summed E-state index contributed by atoms with van der Waals surface area (Å²) in [6.45, 7) is 3.07. The first-order chi connectivity index (χ1) is 16.4. The van der Waals surface area contributed by atoms with Gasteiger partial charge in [-0.25, -0.2) is 4.79 Å². The average molecular weight is 467 g/mol. The Kier molecular flexibility index (Phi) is 7.86. The minimum atomic E-state index is -0.780. The molecule has 1 heterocycles. The van der Waals surface area contributed by atoms with Gasteiger partial charge in [0.2, 0.25) is 5.69 Å². The van der Waals surface area contributed by atoms with Gasteiger partial charge in [-0.2, -0.15) is 9.78 Å². The second-order valence-corrected chi connectivity index (χ2v) is 7.05. The fourth-order valence-corrected chi connectivity index (χ4v) is 3.08. The smallest absolute Gasteiger partial charge is 0.362 e. The van der Waals surface area contributed by atoms with E-state index >= 15 is 0 Å². The number of hydrogen-bond donors (Lipinski definition) is 1. The molecule has 3 rings (SSSR count). The van der Waals surface area contributed by atoms with E-state index in [2.05, 4.69) is 10.4 Å². The number of methoxy groups -OCH3 is 2. The summed E-state index contributed by atoms with van der Waals surface area (Å²) in [6, 6.07) is 13.1. The van der Waals surface area contributed by atoms with E-state index in [0.29, 0.717) is 22.9 Å². The summed E-state index contributed by atoms with van der Waals surface area (Å²) in [7, 11) is 2.99. The minimum Gasteiger partial charge on any atom is -0.497 e. The molecule has 10 heteroatoms. The molecule has 0 spiro atoms. The van der Waals surface area contributed by atoms with Gasteiger partial charge in [-0.05, 0) is 25.5 Å². The van der Waals surface area contributed by atoms with Crippen LogP contribution >= 0.6 is 0 Å². The van der Waals surface area contributed by atoms with Gasteiger partial charge in [-0.1, -0.05) is 18.2 Å². The molecular formula is C24H25N3O7. The Morgan fingerprint density at radius 3 is 2.32 bits per heavy atom. The van der Waals surface area contributed by atoms with E-state index in [-0.39, 0.29) is 18.1 Å². The van der Waals surface area contributed by atoms with Crippen LogP contribution in [0.3, 0.4) is 0 Å². The highest BCUT2D eigenvalue weighted by Crippen LogP contribution is 2.26. The third-order valence-electron chi connectivity index (χ3n) is 4.70. The zero-order valence-electron chi connectivity index (χ0n) is 19.3. The van der Waals surface area contributed by atoms with Crippen molar-refractivity contribution < 1.29 is 28.5 Å². The first kappa shape index (κ1) is 24.3. The summed E-state index contributed by atoms with van der Waals surface area (Å²) >= 11 is 0. The number of hydrogen-bond acceptors (Lipinski definition) is 8. The van der Waals surface area contributed by atoms with Gasteiger partial charge < -0.3 is 24.3 Å². The van der Waals surface area contributed by atoms with Gasteiger partial charge >= 0.3 is 5.97 Å². The number of carbonyl (C=O) groups excluding carboxylic acids is 2. The van der Waals surface area contributed by atoms with E-state index in [1.54, 1.807) is 37.3 Å². The van der Waals surface area contributed by atoms with Gasteiger partial charge in [0, 0.05) is 23.9 Å². The van der Waals surface area contributed by atoms with Gasteiger partial charge in [-0.3, -0.25) is 9.59 Å². The molecule has 2 aromatic carbocycles. The number of aryl methyl sites for hydroxylation is 1. The standard InChI is InChI=1S/C24H25N3O7/c1-5-33-24(30)23-20(13-22(29)27(26-23)19-9-7-6-8-15(19)2)34-14-21(28)25-16-10-17(31-3)12-18(11-16)32-4/h6-13H,5,14H2,1-4H3,(H,25,28). The Morgan fingerprint density at radius 1 is 1.03 bits per heavy atom. The number of para-hydroxylation sites is 1. The fourth-order valence-electron chi connectivity index (χ4n) is 3.08. The van der Waals surface area contributed by atoms with Gasteiger partial charge in [0.25, 0.3) is 11.5 Å². The van der Waals surface area contributed by atoms with Crippen LogP contribution in [0.25, 0.3) is 5.69 Å². The number of nitrogens with one attached hydrogen (secondary N) is 1. The lowest BCUT2D eigenvalue weighted by atomic mass is 10.2. The van der Waals surface area contributed by atoms with Crippen molar-refractivity contribution in [3.63, 3.8) is 0 Å². The molecule has 1 N–H and O–H groups in total. The summed E-state index contributed by atoms with van der Waals surface area (Å²) in [4.78, 5) is 37.7. The first-order valence-corrected chi connectivity index (χ1v) is 10.4. The SMILES string of the molecule is CCOC(=O)c1nn(-c2ccccc2C)c(=O)cc1OCC(=O)Nc1cc(OC)cc(OC)c1. The van der Waals surface area contributed by atoms with Gasteiger partial charge in [0.1, 0.15) is 11.5 Å². The van der Waals surface area contributed by atoms with E-state index in [9.17, 15) is 14.4 Å². The van der Waals surface area contributed by atoms with Crippen molar-refractivity contribution in [1.82, 2.24) is 9.78 Å². The van der Waals surface area contributed by atoms with Gasteiger partial charge in [0.15, 0.2) is 12.4 Å². The Morgan fingerprint density at radius 2 is 1.71 bits per heavy atom. The number of rotatable bonds is 9. The van der Waals surface area contributed by atoms with Gasteiger partial charge in [-0.15, -0.1) is 0 Å². The average Bonchev–Trinajstić information content (AvgIpc) is 2.83. The van der Waals surface area contributed by atoms with Crippen LogP contribution in [0.2, 0.25) is 0 Å². The van der Waals surface area contributed by atoms with E-state index in [1.165, 1.54) is 14.2 Å². The molecule has 0 saturated heterocycles. The second kappa shape index (κ2) is 11.0. The highest BCUT2D eigenvalue weighted by atomic mass is 16.5. The number of ether oxygens (including phenoxy) is 4. The lowest BCUT2D eigenvalue weighted by molar-refractivity contribution is -0.118. The monoisotopic (exact) mass is 467 g/mol. The van der Waals surface area contributed by atoms with Crippen LogP contribution in [0.1, 0.15) is 23.0 Å². The molecule has 34 heavy (non-hydrogen) atoms. The van der Waals surface area contributed by atoms with E-state index in [4.69, 9.17) is 18.9 Å². The number of anilines is 1. The van der Waals surface area contributed by atoms with Crippen molar-refractivity contribution in [2.45, 2.75) is 13.8 Å². The Labute approximate surface area is 196 Å². The zero-order valence-corrected chi connectivity index (χ0v) is 19.3. The number of amides is 1. The molecule has 0 aliphatic rings. The predicted molar refractivity (Wildman–Crippen MR) is 124 cm³/mol. The maximum Gasteiger partial charge on any atom is 0.362 e. The second-order valence-electron chi connectivity index (χ2n) is 7.05. The molecule has 3 aromatic rings. The maximum absolute atomic E-state index is 12.7. The first-order valence-electron chi connectivity index (χ1n) is 10.4. The molecule has 0 aliphatic carbocycles. The summed E-state index contributed by atoms with van der Waals surface area (Å²) in [5.41, 5.74) is 0.960. The van der Waals surface area contributed by atoms with Crippen molar-refractivity contribution >= 4 is 17.6 Å². The van der Waals surface area contributed by atoms with Crippen LogP contribution < -0.4 is 25.1 Å². The number of esters is 1. The van der Waals surface area contributed by atoms with Gasteiger partial charge in [0.05, 0.1) is 32.6 Å². The van der Waals surface area contributed by atoms with Crippen molar-refractivity contribution in [2.75, 3.05) is 32.8 Å². The molecule has 0 unspecified atom stereocenters. The van der Waals surface area contributed by atoms with E-state index in [1.807, 2.05) is 19.1 Å². The summed E-state index contributed by atoms with van der Waals surface area (Å²) < 4.78 is 22.0. The number of aromatic nitrogens is 2. The van der Waals surface area contributed by atoms with Crippen LogP contribution in [0.5, 0.6) is 17.2 Å². The number of benzene rings is 2. The summed E-state index contributed by atoms with van der Waals surface area (Å²) in [5.74, 6) is -0.494. The van der Waals surface area contributed by atoms with Crippen molar-refractivity contribution in [3.8, 4) is 22.9 Å². The van der Waals surface area contributed by atoms with Crippen molar-refractivity contribution in [1.29, 1.82) is 0 Å². The normalized spacial score (nSPS) is 10.4. The molecule has 0 fully saturated rings. The lowest BCUT2D eigenvalue weighted by Gasteiger charge is -2.14. The molecule has 1 amide bonds. The van der Waals surface area contributed by atoms with E-state index < -0.39 is 24.0 Å². The fraction of sp³-hybridized carbons (Fsp3) is 0.250. The number of nitrogens with zero attached hydrogens (tertiary/aromatic N) is 2. The lowest BCUT2D eigenvalue weighted by Crippen LogP contribution is -2.27. The third-order valence-corrected chi connectivity index (χ3v) is 4.70.